The number of hydrogen-bond acceptors (Lipinski definition) is 4. The van der Waals surface area contributed by atoms with Gasteiger partial charge in [0.1, 0.15) is 0 Å². The Bertz CT molecular complexity index is 1350. The van der Waals surface area contributed by atoms with E-state index in [1.165, 1.54) is 12.1 Å². The first-order valence-corrected chi connectivity index (χ1v) is 13.0. The van der Waals surface area contributed by atoms with Crippen LogP contribution in [0.5, 0.6) is 0 Å². The fourth-order valence-corrected chi connectivity index (χ4v) is 5.04. The van der Waals surface area contributed by atoms with Crippen LogP contribution in [0, 0.1) is 0 Å². The van der Waals surface area contributed by atoms with E-state index in [1.54, 1.807) is 23.9 Å². The largest absolute Gasteiger partial charge is 0.333 e. The lowest BCUT2D eigenvalue weighted by molar-refractivity contribution is 0.0756. The van der Waals surface area contributed by atoms with Crippen LogP contribution in [0.3, 0.4) is 0 Å². The highest BCUT2D eigenvalue weighted by molar-refractivity contribution is 7.99. The summed E-state index contributed by atoms with van der Waals surface area (Å²) >= 11 is 1.69. The van der Waals surface area contributed by atoms with Crippen LogP contribution < -0.4 is 5.14 Å². The van der Waals surface area contributed by atoms with Crippen LogP contribution in [-0.2, 0) is 16.6 Å². The van der Waals surface area contributed by atoms with Gasteiger partial charge in [0, 0.05) is 29.3 Å². The molecule has 2 N–H and O–H groups in total. The van der Waals surface area contributed by atoms with Crippen molar-refractivity contribution in [2.45, 2.75) is 16.3 Å². The molecule has 0 spiro atoms. The maximum Gasteiger partial charge on any atom is 0.254 e. The number of rotatable bonds is 8. The molecule has 1 amide bonds. The molecule has 168 valence electrons. The van der Waals surface area contributed by atoms with Gasteiger partial charge in [0.25, 0.3) is 5.91 Å². The first kappa shape index (κ1) is 23.0. The number of benzene rings is 4. The number of primary sulfonamides is 1. The highest BCUT2D eigenvalue weighted by atomic mass is 32.2. The molecule has 0 saturated heterocycles. The van der Waals surface area contributed by atoms with Crippen molar-refractivity contribution in [2.75, 3.05) is 12.3 Å². The monoisotopic (exact) mass is 476 g/mol. The van der Waals surface area contributed by atoms with Crippen LogP contribution in [0.4, 0.5) is 0 Å². The number of thioether (sulfide) groups is 1. The molecule has 4 aromatic carbocycles. The van der Waals surface area contributed by atoms with Gasteiger partial charge < -0.3 is 4.90 Å². The van der Waals surface area contributed by atoms with Gasteiger partial charge in [0.05, 0.1) is 4.90 Å². The predicted octanol–water partition coefficient (Wildman–Crippen LogP) is 4.92. The number of sulfonamides is 1. The van der Waals surface area contributed by atoms with Gasteiger partial charge in [-0.05, 0) is 46.7 Å². The van der Waals surface area contributed by atoms with E-state index in [9.17, 15) is 13.2 Å². The Morgan fingerprint density at radius 3 is 2.21 bits per heavy atom. The molecule has 0 fully saturated rings. The summed E-state index contributed by atoms with van der Waals surface area (Å²) in [6.45, 7) is 0.904. The van der Waals surface area contributed by atoms with Gasteiger partial charge in [-0.15, -0.1) is 11.8 Å². The number of nitrogens with zero attached hydrogens (tertiary/aromatic N) is 1. The summed E-state index contributed by atoms with van der Waals surface area (Å²) in [5.41, 5.74) is 1.49. The average molecular weight is 477 g/mol. The number of nitrogens with two attached hydrogens (primary N) is 1. The second-order valence-corrected chi connectivity index (χ2v) is 10.3. The summed E-state index contributed by atoms with van der Waals surface area (Å²) in [6, 6.07) is 30.0. The Kier molecular flexibility index (Phi) is 7.13. The van der Waals surface area contributed by atoms with Gasteiger partial charge in [0.2, 0.25) is 10.0 Å². The van der Waals surface area contributed by atoms with Crippen molar-refractivity contribution in [1.82, 2.24) is 4.90 Å². The number of hydrogen-bond donors (Lipinski definition) is 1. The minimum absolute atomic E-state index is 0.0535. The van der Waals surface area contributed by atoms with E-state index in [4.69, 9.17) is 5.14 Å². The van der Waals surface area contributed by atoms with Crippen molar-refractivity contribution in [2.24, 2.45) is 5.14 Å². The Balaban J connectivity index is 1.59. The second kappa shape index (κ2) is 10.2. The number of carbonyl (C=O) groups excluding carboxylic acids is 1. The molecule has 0 radical (unpaired) electrons. The third kappa shape index (κ3) is 5.82. The van der Waals surface area contributed by atoms with E-state index >= 15 is 0 Å². The molecule has 4 rings (SSSR count). The van der Waals surface area contributed by atoms with E-state index in [-0.39, 0.29) is 10.8 Å². The smallest absolute Gasteiger partial charge is 0.254 e. The lowest BCUT2D eigenvalue weighted by Gasteiger charge is -2.24. The van der Waals surface area contributed by atoms with Crippen LogP contribution in [0.25, 0.3) is 10.8 Å². The molecule has 33 heavy (non-hydrogen) atoms. The molecule has 0 heterocycles. The lowest BCUT2D eigenvalue weighted by atomic mass is 10.0. The third-order valence-corrected chi connectivity index (χ3v) is 7.23. The summed E-state index contributed by atoms with van der Waals surface area (Å²) < 4.78 is 23.1. The van der Waals surface area contributed by atoms with Crippen LogP contribution in [-0.4, -0.2) is 31.5 Å². The highest BCUT2D eigenvalue weighted by Crippen LogP contribution is 2.23. The summed E-state index contributed by atoms with van der Waals surface area (Å²) in [5.74, 6) is 0.673. The van der Waals surface area contributed by atoms with Gasteiger partial charge in [-0.3, -0.25) is 4.79 Å². The average Bonchev–Trinajstić information content (AvgIpc) is 2.83. The van der Waals surface area contributed by atoms with Crippen molar-refractivity contribution in [3.8, 4) is 0 Å². The second-order valence-electron chi connectivity index (χ2n) is 7.60. The van der Waals surface area contributed by atoms with Crippen molar-refractivity contribution in [1.29, 1.82) is 0 Å². The quantitative estimate of drug-likeness (QED) is 0.366. The maximum atomic E-state index is 13.6. The fraction of sp³-hybridized carbons (Fsp3) is 0.115. The molecule has 5 nitrogen and oxygen atoms in total. The Hall–Kier alpha value is -3.13. The van der Waals surface area contributed by atoms with Crippen LogP contribution in [0.1, 0.15) is 15.9 Å². The van der Waals surface area contributed by atoms with Crippen molar-refractivity contribution in [3.05, 3.63) is 108 Å². The molecule has 4 aromatic rings. The van der Waals surface area contributed by atoms with Gasteiger partial charge >= 0.3 is 0 Å². The summed E-state index contributed by atoms with van der Waals surface area (Å²) in [4.78, 5) is 16.6. The van der Waals surface area contributed by atoms with Gasteiger partial charge in [-0.2, -0.15) is 0 Å². The normalized spacial score (nSPS) is 11.4. The zero-order valence-electron chi connectivity index (χ0n) is 17.9. The number of fused-ring (bicyclic) bond motifs is 1. The number of carbonyl (C=O) groups is 1. The summed E-state index contributed by atoms with van der Waals surface area (Å²) in [5, 5.41) is 7.14. The topological polar surface area (TPSA) is 80.5 Å². The lowest BCUT2D eigenvalue weighted by Crippen LogP contribution is -2.32. The van der Waals surface area contributed by atoms with Crippen molar-refractivity contribution >= 4 is 38.5 Å². The van der Waals surface area contributed by atoms with Crippen LogP contribution in [0.15, 0.2) is 107 Å². The highest BCUT2D eigenvalue weighted by Gasteiger charge is 2.19. The Morgan fingerprint density at radius 2 is 1.48 bits per heavy atom. The molecule has 0 aliphatic heterocycles. The molecule has 0 aliphatic carbocycles. The molecule has 0 saturated carbocycles. The number of amides is 1. The summed E-state index contributed by atoms with van der Waals surface area (Å²) in [6.07, 6.45) is 0. The molecule has 0 aromatic heterocycles. The first-order chi connectivity index (χ1) is 15.9. The molecule has 0 atom stereocenters. The molecule has 0 unspecified atom stereocenters. The van der Waals surface area contributed by atoms with Gasteiger partial charge in [0.15, 0.2) is 0 Å². The first-order valence-electron chi connectivity index (χ1n) is 10.5. The zero-order valence-corrected chi connectivity index (χ0v) is 19.6. The van der Waals surface area contributed by atoms with Crippen molar-refractivity contribution < 1.29 is 13.2 Å². The molecular formula is C26H24N2O3S2. The Morgan fingerprint density at radius 1 is 0.818 bits per heavy atom. The Labute approximate surface area is 198 Å². The standard InChI is InChI=1S/C26H24N2O3S2/c27-33(30,31)23-15-13-20(14-16-23)19-28(17-18-32-22-9-2-1-3-10-22)26(29)25-12-6-8-21-7-4-5-11-24(21)25/h1-16H,17-19H2,(H2,27,30,31). The SMILES string of the molecule is NS(=O)(=O)c1ccc(CN(CCSc2ccccc2)C(=O)c2cccc3ccccc23)cc1. The molecular weight excluding hydrogens is 452 g/mol. The van der Waals surface area contributed by atoms with Gasteiger partial charge in [-0.1, -0.05) is 66.7 Å². The minimum atomic E-state index is -3.76. The predicted molar refractivity (Wildman–Crippen MR) is 134 cm³/mol. The summed E-state index contributed by atoms with van der Waals surface area (Å²) in [7, 11) is -3.76. The third-order valence-electron chi connectivity index (χ3n) is 5.31. The van der Waals surface area contributed by atoms with E-state index in [0.717, 1.165) is 27.0 Å². The maximum absolute atomic E-state index is 13.6. The van der Waals surface area contributed by atoms with Crippen LogP contribution >= 0.6 is 11.8 Å². The van der Waals surface area contributed by atoms with E-state index in [0.29, 0.717) is 18.7 Å². The zero-order chi connectivity index (χ0) is 23.3. The van der Waals surface area contributed by atoms with Crippen molar-refractivity contribution in [3.63, 3.8) is 0 Å². The van der Waals surface area contributed by atoms with Gasteiger partial charge in [-0.25, -0.2) is 13.6 Å². The molecule has 0 bridgehead atoms. The van der Waals surface area contributed by atoms with E-state index in [2.05, 4.69) is 0 Å². The van der Waals surface area contributed by atoms with E-state index < -0.39 is 10.0 Å². The molecule has 0 aliphatic rings. The molecule has 7 heteroatoms. The van der Waals surface area contributed by atoms with Crippen LogP contribution in [0.2, 0.25) is 0 Å². The fourth-order valence-electron chi connectivity index (χ4n) is 3.63. The van der Waals surface area contributed by atoms with E-state index in [1.807, 2.05) is 77.7 Å². The minimum Gasteiger partial charge on any atom is -0.333 e.